The molecule has 0 aromatic rings. The van der Waals surface area contributed by atoms with Crippen LogP contribution in [0.15, 0.2) is 0 Å². The number of carbonyl (C=O) groups excluding carboxylic acids is 1. The van der Waals surface area contributed by atoms with Crippen molar-refractivity contribution in [2.24, 2.45) is 11.8 Å². The minimum atomic E-state index is 0. The Morgan fingerprint density at radius 2 is 1.65 bits per heavy atom. The second-order valence-corrected chi connectivity index (χ2v) is 8.02. The van der Waals surface area contributed by atoms with Gasteiger partial charge < -0.3 is 10.2 Å². The first-order valence-corrected chi connectivity index (χ1v) is 9.78. The predicted octanol–water partition coefficient (Wildman–Crippen LogP) is 4.15. The fourth-order valence-corrected chi connectivity index (χ4v) is 4.99. The third-order valence-corrected chi connectivity index (χ3v) is 6.08. The highest BCUT2D eigenvalue weighted by atomic mass is 35.5. The Kier molecular flexibility index (Phi) is 7.68. The minimum Gasteiger partial charge on any atom is -0.342 e. The lowest BCUT2D eigenvalue weighted by atomic mass is 9.87. The third kappa shape index (κ3) is 5.35. The van der Waals surface area contributed by atoms with E-state index in [0.717, 1.165) is 31.8 Å². The van der Waals surface area contributed by atoms with Crippen LogP contribution in [0.2, 0.25) is 0 Å². The fourth-order valence-electron chi connectivity index (χ4n) is 4.99. The van der Waals surface area contributed by atoms with Crippen LogP contribution in [0, 0.1) is 11.8 Å². The smallest absolute Gasteiger partial charge is 0.222 e. The molecule has 1 N–H and O–H groups in total. The van der Waals surface area contributed by atoms with Crippen molar-refractivity contribution in [2.45, 2.75) is 89.6 Å². The number of nitrogens with zero attached hydrogens (tertiary/aromatic N) is 1. The van der Waals surface area contributed by atoms with Crippen LogP contribution in [0.5, 0.6) is 0 Å². The topological polar surface area (TPSA) is 32.3 Å². The van der Waals surface area contributed by atoms with Crippen LogP contribution >= 0.6 is 12.4 Å². The van der Waals surface area contributed by atoms with E-state index < -0.39 is 0 Å². The largest absolute Gasteiger partial charge is 0.342 e. The quantitative estimate of drug-likeness (QED) is 0.786. The zero-order chi connectivity index (χ0) is 15.4. The number of carbonyl (C=O) groups is 1. The Labute approximate surface area is 148 Å². The van der Waals surface area contributed by atoms with Gasteiger partial charge in [0.25, 0.3) is 0 Å². The molecule has 1 amide bonds. The van der Waals surface area contributed by atoms with E-state index in [-0.39, 0.29) is 12.4 Å². The van der Waals surface area contributed by atoms with Gasteiger partial charge in [-0.3, -0.25) is 4.79 Å². The first kappa shape index (κ1) is 19.1. The summed E-state index contributed by atoms with van der Waals surface area (Å²) in [7, 11) is 0. The van der Waals surface area contributed by atoms with E-state index in [1.807, 2.05) is 0 Å². The van der Waals surface area contributed by atoms with Gasteiger partial charge in [0, 0.05) is 31.6 Å². The molecule has 3 fully saturated rings. The Morgan fingerprint density at radius 3 is 2.26 bits per heavy atom. The standard InChI is InChI=1S/C19H34N2O.ClH/c1-2-10-21(14-15-6-4-3-5-7-15)19(22)13-16-11-17-8-9-18(12-16)20-17;/h15-18,20H,2-14H2,1H3;1H. The molecule has 134 valence electrons. The molecule has 2 unspecified atom stereocenters. The van der Waals surface area contributed by atoms with Gasteiger partial charge in [-0.25, -0.2) is 0 Å². The van der Waals surface area contributed by atoms with Crippen LogP contribution < -0.4 is 5.32 Å². The van der Waals surface area contributed by atoms with Gasteiger partial charge in [-0.1, -0.05) is 26.2 Å². The number of halogens is 1. The summed E-state index contributed by atoms with van der Waals surface area (Å²) in [5.41, 5.74) is 0. The van der Waals surface area contributed by atoms with Crippen molar-refractivity contribution in [2.75, 3.05) is 13.1 Å². The second kappa shape index (κ2) is 9.27. The van der Waals surface area contributed by atoms with Gasteiger partial charge in [-0.2, -0.15) is 0 Å². The normalized spacial score (nSPS) is 30.7. The molecule has 2 saturated heterocycles. The van der Waals surface area contributed by atoms with E-state index in [4.69, 9.17) is 0 Å². The number of amides is 1. The second-order valence-electron chi connectivity index (χ2n) is 8.02. The summed E-state index contributed by atoms with van der Waals surface area (Å²) in [6.45, 7) is 4.20. The number of nitrogens with one attached hydrogen (secondary N) is 1. The van der Waals surface area contributed by atoms with Crippen molar-refractivity contribution in [3.05, 3.63) is 0 Å². The SMILES string of the molecule is CCCN(CC1CCCCC1)C(=O)CC1CC2CCC(C1)N2.Cl. The summed E-state index contributed by atoms with van der Waals surface area (Å²) < 4.78 is 0. The minimum absolute atomic E-state index is 0. The van der Waals surface area contributed by atoms with Crippen LogP contribution in [-0.4, -0.2) is 36.0 Å². The highest BCUT2D eigenvalue weighted by Gasteiger charge is 2.35. The van der Waals surface area contributed by atoms with Crippen molar-refractivity contribution in [3.63, 3.8) is 0 Å². The number of piperidine rings is 1. The maximum atomic E-state index is 12.8. The summed E-state index contributed by atoms with van der Waals surface area (Å²) in [5.74, 6) is 1.85. The average molecular weight is 343 g/mol. The Hall–Kier alpha value is -0.280. The predicted molar refractivity (Wildman–Crippen MR) is 98.0 cm³/mol. The molecule has 1 aliphatic carbocycles. The van der Waals surface area contributed by atoms with E-state index >= 15 is 0 Å². The number of rotatable bonds is 6. The molecule has 2 atom stereocenters. The number of hydrogen-bond donors (Lipinski definition) is 1. The molecule has 2 bridgehead atoms. The summed E-state index contributed by atoms with van der Waals surface area (Å²) in [5, 5.41) is 3.69. The van der Waals surface area contributed by atoms with Gasteiger partial charge in [0.05, 0.1) is 0 Å². The molecule has 0 aromatic carbocycles. The lowest BCUT2D eigenvalue weighted by Gasteiger charge is -2.33. The fraction of sp³-hybridized carbons (Fsp3) is 0.947. The van der Waals surface area contributed by atoms with Gasteiger partial charge in [-0.15, -0.1) is 12.4 Å². The molecular weight excluding hydrogens is 308 g/mol. The maximum Gasteiger partial charge on any atom is 0.222 e. The molecule has 3 rings (SSSR count). The van der Waals surface area contributed by atoms with E-state index in [9.17, 15) is 4.79 Å². The van der Waals surface area contributed by atoms with Crippen LogP contribution in [0.3, 0.4) is 0 Å². The molecule has 3 aliphatic rings. The maximum absolute atomic E-state index is 12.8. The van der Waals surface area contributed by atoms with Crippen molar-refractivity contribution in [1.82, 2.24) is 10.2 Å². The molecule has 2 aliphatic heterocycles. The summed E-state index contributed by atoms with van der Waals surface area (Å²) in [4.78, 5) is 15.0. The lowest BCUT2D eigenvalue weighted by molar-refractivity contribution is -0.133. The van der Waals surface area contributed by atoms with Crippen molar-refractivity contribution in [3.8, 4) is 0 Å². The molecule has 2 heterocycles. The van der Waals surface area contributed by atoms with Crippen LogP contribution in [0.4, 0.5) is 0 Å². The lowest BCUT2D eigenvalue weighted by Crippen LogP contribution is -2.41. The molecular formula is C19H35ClN2O. The molecule has 4 heteroatoms. The van der Waals surface area contributed by atoms with Gasteiger partial charge in [0.15, 0.2) is 0 Å². The summed E-state index contributed by atoms with van der Waals surface area (Å²) in [6.07, 6.45) is 13.8. The van der Waals surface area contributed by atoms with Gasteiger partial charge in [0.2, 0.25) is 5.91 Å². The van der Waals surface area contributed by atoms with E-state index in [1.54, 1.807) is 0 Å². The molecule has 0 spiro atoms. The third-order valence-electron chi connectivity index (χ3n) is 6.08. The Bertz CT molecular complexity index is 358. The average Bonchev–Trinajstić information content (AvgIpc) is 2.86. The molecule has 23 heavy (non-hydrogen) atoms. The molecule has 0 aromatic heterocycles. The number of hydrogen-bond acceptors (Lipinski definition) is 2. The van der Waals surface area contributed by atoms with Crippen LogP contribution in [0.25, 0.3) is 0 Å². The summed E-state index contributed by atoms with van der Waals surface area (Å²) >= 11 is 0. The van der Waals surface area contributed by atoms with Crippen molar-refractivity contribution < 1.29 is 4.79 Å². The van der Waals surface area contributed by atoms with E-state index in [2.05, 4.69) is 17.1 Å². The van der Waals surface area contributed by atoms with Gasteiger partial charge in [-0.05, 0) is 56.8 Å². The highest BCUT2D eigenvalue weighted by Crippen LogP contribution is 2.33. The first-order chi connectivity index (χ1) is 10.7. The van der Waals surface area contributed by atoms with Gasteiger partial charge in [0.1, 0.15) is 0 Å². The zero-order valence-corrected chi connectivity index (χ0v) is 15.6. The molecule has 3 nitrogen and oxygen atoms in total. The monoisotopic (exact) mass is 342 g/mol. The number of fused-ring (bicyclic) bond motifs is 2. The molecule has 1 saturated carbocycles. The highest BCUT2D eigenvalue weighted by molar-refractivity contribution is 5.85. The van der Waals surface area contributed by atoms with Crippen molar-refractivity contribution in [1.29, 1.82) is 0 Å². The summed E-state index contributed by atoms with van der Waals surface area (Å²) in [6, 6.07) is 1.41. The van der Waals surface area contributed by atoms with Crippen molar-refractivity contribution >= 4 is 18.3 Å². The Balaban J connectivity index is 0.00000192. The van der Waals surface area contributed by atoms with Gasteiger partial charge >= 0.3 is 0 Å². The molecule has 0 radical (unpaired) electrons. The van der Waals surface area contributed by atoms with Crippen LogP contribution in [-0.2, 0) is 4.79 Å². The zero-order valence-electron chi connectivity index (χ0n) is 14.8. The van der Waals surface area contributed by atoms with E-state index in [1.165, 1.54) is 57.8 Å². The van der Waals surface area contributed by atoms with Crippen LogP contribution in [0.1, 0.15) is 77.6 Å². The van der Waals surface area contributed by atoms with E-state index in [0.29, 0.717) is 23.9 Å². The Morgan fingerprint density at radius 1 is 1.00 bits per heavy atom. The first-order valence-electron chi connectivity index (χ1n) is 9.78.